The molecule has 1 heterocycles. The molecule has 128 valence electrons. The molecule has 25 heavy (non-hydrogen) atoms. The molecule has 6 heteroatoms. The number of ketones is 1. The molecule has 1 fully saturated rings. The number of carbonyl (C=O) groups excluding carboxylic acids is 2. The molecule has 1 aromatic rings. The Balaban J connectivity index is 1.82. The van der Waals surface area contributed by atoms with Gasteiger partial charge >= 0.3 is 5.97 Å². The standard InChI is InChI=1S/C19H19N3O3/c1-2-25-19(24)15(10-20)14-8-9-17-16(18(14)23)11-21-22(17)12-13-6-4-3-5-7-13/h3-9,15-16,21H,2,11-12H2,1H3. The molecule has 1 aliphatic carbocycles. The summed E-state index contributed by atoms with van der Waals surface area (Å²) in [5, 5.41) is 11.2. The molecule has 3 rings (SSSR count). The van der Waals surface area contributed by atoms with Crippen molar-refractivity contribution in [2.75, 3.05) is 13.2 Å². The SMILES string of the molecule is CCOC(=O)C(C#N)C1=CC=C2C(CNN2Cc2ccccc2)C1=O. The van der Waals surface area contributed by atoms with E-state index in [2.05, 4.69) is 5.43 Å². The average Bonchev–Trinajstić information content (AvgIpc) is 3.02. The minimum atomic E-state index is -1.17. The molecular weight excluding hydrogens is 318 g/mol. The van der Waals surface area contributed by atoms with Crippen LogP contribution in [0.3, 0.4) is 0 Å². The zero-order valence-electron chi connectivity index (χ0n) is 13.9. The van der Waals surface area contributed by atoms with E-state index in [-0.39, 0.29) is 23.9 Å². The number of rotatable bonds is 5. The van der Waals surface area contributed by atoms with E-state index < -0.39 is 11.9 Å². The molecule has 2 aliphatic rings. The van der Waals surface area contributed by atoms with Gasteiger partial charge in [0.1, 0.15) is 0 Å². The van der Waals surface area contributed by atoms with E-state index in [0.29, 0.717) is 13.1 Å². The van der Waals surface area contributed by atoms with Gasteiger partial charge in [0.05, 0.1) is 25.1 Å². The summed E-state index contributed by atoms with van der Waals surface area (Å²) in [5.41, 5.74) is 5.41. The van der Waals surface area contributed by atoms with Crippen LogP contribution in [0.25, 0.3) is 0 Å². The summed E-state index contributed by atoms with van der Waals surface area (Å²) in [7, 11) is 0. The number of hydrazine groups is 1. The molecular formula is C19H19N3O3. The van der Waals surface area contributed by atoms with Crippen LogP contribution in [0.15, 0.2) is 53.8 Å². The first-order valence-electron chi connectivity index (χ1n) is 8.23. The van der Waals surface area contributed by atoms with E-state index >= 15 is 0 Å². The van der Waals surface area contributed by atoms with Crippen LogP contribution in [0.2, 0.25) is 0 Å². The molecule has 0 radical (unpaired) electrons. The van der Waals surface area contributed by atoms with E-state index in [9.17, 15) is 14.9 Å². The molecule has 2 unspecified atom stereocenters. The minimum absolute atomic E-state index is 0.176. The number of fused-ring (bicyclic) bond motifs is 1. The van der Waals surface area contributed by atoms with Crippen molar-refractivity contribution in [1.82, 2.24) is 10.4 Å². The fourth-order valence-corrected chi connectivity index (χ4v) is 3.10. The summed E-state index contributed by atoms with van der Waals surface area (Å²) in [6.07, 6.45) is 3.39. The Kier molecular flexibility index (Phi) is 4.96. The third-order valence-corrected chi connectivity index (χ3v) is 4.34. The van der Waals surface area contributed by atoms with Gasteiger partial charge in [0.15, 0.2) is 11.7 Å². The van der Waals surface area contributed by atoms with Crippen molar-refractivity contribution >= 4 is 11.8 Å². The number of esters is 1. The van der Waals surface area contributed by atoms with E-state index in [1.165, 1.54) is 0 Å². The quantitative estimate of drug-likeness (QED) is 0.824. The van der Waals surface area contributed by atoms with Crippen LogP contribution in [0.5, 0.6) is 0 Å². The van der Waals surface area contributed by atoms with Crippen LogP contribution in [0.1, 0.15) is 12.5 Å². The van der Waals surface area contributed by atoms with Gasteiger partial charge < -0.3 is 9.75 Å². The van der Waals surface area contributed by atoms with Gasteiger partial charge in [-0.15, -0.1) is 0 Å². The topological polar surface area (TPSA) is 82.4 Å². The summed E-state index contributed by atoms with van der Waals surface area (Å²) in [5.74, 6) is -2.42. The van der Waals surface area contributed by atoms with Crippen molar-refractivity contribution in [3.63, 3.8) is 0 Å². The highest BCUT2D eigenvalue weighted by Gasteiger charge is 2.40. The lowest BCUT2D eigenvalue weighted by Gasteiger charge is -2.24. The summed E-state index contributed by atoms with van der Waals surface area (Å²) < 4.78 is 4.91. The van der Waals surface area contributed by atoms with Crippen LogP contribution in [0.4, 0.5) is 0 Å². The fraction of sp³-hybridized carbons (Fsp3) is 0.316. The highest BCUT2D eigenvalue weighted by Crippen LogP contribution is 2.32. The summed E-state index contributed by atoms with van der Waals surface area (Å²) >= 11 is 0. The maximum atomic E-state index is 12.8. The number of Topliss-reactive ketones (excluding diaryl/α,β-unsaturated/α-hetero) is 1. The van der Waals surface area contributed by atoms with Gasteiger partial charge in [-0.05, 0) is 18.6 Å². The first-order chi connectivity index (χ1) is 12.2. The number of allylic oxidation sites excluding steroid dienone is 2. The van der Waals surface area contributed by atoms with Gasteiger partial charge in [0, 0.05) is 17.8 Å². The van der Waals surface area contributed by atoms with Crippen LogP contribution in [-0.4, -0.2) is 29.9 Å². The predicted molar refractivity (Wildman–Crippen MR) is 90.4 cm³/mol. The zero-order chi connectivity index (χ0) is 17.8. The number of hydrogen-bond acceptors (Lipinski definition) is 6. The summed E-state index contributed by atoms with van der Waals surface area (Å²) in [6.45, 7) is 2.94. The van der Waals surface area contributed by atoms with E-state index in [1.807, 2.05) is 47.5 Å². The van der Waals surface area contributed by atoms with E-state index in [0.717, 1.165) is 11.3 Å². The predicted octanol–water partition coefficient (Wildman–Crippen LogP) is 1.72. The first kappa shape index (κ1) is 16.9. The molecule has 2 atom stereocenters. The highest BCUT2D eigenvalue weighted by atomic mass is 16.5. The minimum Gasteiger partial charge on any atom is -0.465 e. The van der Waals surface area contributed by atoms with Crippen molar-refractivity contribution in [1.29, 1.82) is 5.26 Å². The molecule has 0 aromatic heterocycles. The third-order valence-electron chi connectivity index (χ3n) is 4.34. The van der Waals surface area contributed by atoms with E-state index in [1.54, 1.807) is 13.0 Å². The van der Waals surface area contributed by atoms with Crippen molar-refractivity contribution in [2.45, 2.75) is 13.5 Å². The maximum Gasteiger partial charge on any atom is 0.328 e. The van der Waals surface area contributed by atoms with Gasteiger partial charge in [-0.25, -0.2) is 5.43 Å². The maximum absolute atomic E-state index is 12.8. The molecule has 1 aliphatic heterocycles. The third kappa shape index (κ3) is 3.32. The monoisotopic (exact) mass is 337 g/mol. The largest absolute Gasteiger partial charge is 0.465 e. The molecule has 1 saturated heterocycles. The number of ether oxygens (including phenoxy) is 1. The molecule has 1 aromatic carbocycles. The summed E-state index contributed by atoms with van der Waals surface area (Å²) in [6, 6.07) is 11.8. The number of benzene rings is 1. The number of nitrogens with zero attached hydrogens (tertiary/aromatic N) is 2. The van der Waals surface area contributed by atoms with Crippen LogP contribution >= 0.6 is 0 Å². The average molecular weight is 337 g/mol. The lowest BCUT2D eigenvalue weighted by atomic mass is 9.84. The molecule has 6 nitrogen and oxygen atoms in total. The molecule has 0 saturated carbocycles. The van der Waals surface area contributed by atoms with Crippen molar-refractivity contribution < 1.29 is 14.3 Å². The lowest BCUT2D eigenvalue weighted by molar-refractivity contribution is -0.145. The van der Waals surface area contributed by atoms with Gasteiger partial charge in [0.25, 0.3) is 0 Å². The second-order valence-electron chi connectivity index (χ2n) is 5.88. The smallest absolute Gasteiger partial charge is 0.328 e. The first-order valence-corrected chi connectivity index (χ1v) is 8.23. The number of nitriles is 1. The van der Waals surface area contributed by atoms with Gasteiger partial charge in [-0.1, -0.05) is 36.4 Å². The van der Waals surface area contributed by atoms with Crippen molar-refractivity contribution in [3.05, 3.63) is 59.3 Å². The Bertz CT molecular complexity index is 777. The Hall–Kier alpha value is -2.91. The lowest BCUT2D eigenvalue weighted by Crippen LogP contribution is -2.31. The van der Waals surface area contributed by atoms with Crippen LogP contribution in [-0.2, 0) is 20.9 Å². The van der Waals surface area contributed by atoms with Gasteiger partial charge in [-0.3, -0.25) is 9.59 Å². The van der Waals surface area contributed by atoms with Crippen molar-refractivity contribution in [2.24, 2.45) is 11.8 Å². The van der Waals surface area contributed by atoms with Crippen LogP contribution < -0.4 is 5.43 Å². The number of carbonyl (C=O) groups is 2. The van der Waals surface area contributed by atoms with Gasteiger partial charge in [0.2, 0.25) is 0 Å². The molecule has 0 bridgehead atoms. The Labute approximate surface area is 146 Å². The number of hydrogen-bond donors (Lipinski definition) is 1. The Morgan fingerprint density at radius 2 is 2.16 bits per heavy atom. The van der Waals surface area contributed by atoms with E-state index in [4.69, 9.17) is 4.74 Å². The van der Waals surface area contributed by atoms with Crippen molar-refractivity contribution in [3.8, 4) is 6.07 Å². The number of nitrogens with one attached hydrogen (secondary N) is 1. The van der Waals surface area contributed by atoms with Crippen LogP contribution in [0, 0.1) is 23.2 Å². The second kappa shape index (κ2) is 7.32. The highest BCUT2D eigenvalue weighted by molar-refractivity contribution is 6.05. The molecule has 0 spiro atoms. The fourth-order valence-electron chi connectivity index (χ4n) is 3.10. The second-order valence-corrected chi connectivity index (χ2v) is 5.88. The zero-order valence-corrected chi connectivity index (χ0v) is 13.9. The summed E-state index contributed by atoms with van der Waals surface area (Å²) in [4.78, 5) is 24.7. The normalized spacial score (nSPS) is 20.2. The Morgan fingerprint density at radius 1 is 1.40 bits per heavy atom. The van der Waals surface area contributed by atoms with Gasteiger partial charge in [-0.2, -0.15) is 5.26 Å². The molecule has 0 amide bonds. The molecule has 1 N–H and O–H groups in total. The Morgan fingerprint density at radius 3 is 2.84 bits per heavy atom.